The molecule has 0 radical (unpaired) electrons. The fourth-order valence-electron chi connectivity index (χ4n) is 3.37. The molecule has 2 amide bonds. The highest BCUT2D eigenvalue weighted by molar-refractivity contribution is 7.99. The quantitative estimate of drug-likeness (QED) is 0.267. The van der Waals surface area contributed by atoms with Crippen LogP contribution in [-0.2, 0) is 11.3 Å². The maximum Gasteiger partial charge on any atom is 0.269 e. The molecule has 3 rings (SSSR count). The summed E-state index contributed by atoms with van der Waals surface area (Å²) in [6.45, 7) is 7.96. The van der Waals surface area contributed by atoms with Crippen molar-refractivity contribution in [1.82, 2.24) is 20.1 Å². The van der Waals surface area contributed by atoms with Gasteiger partial charge in [0.25, 0.3) is 11.6 Å². The number of non-ortho nitro benzene ring substituents is 1. The average molecular weight is 483 g/mol. The van der Waals surface area contributed by atoms with Gasteiger partial charge in [-0.05, 0) is 51.5 Å². The molecule has 10 nitrogen and oxygen atoms in total. The Labute approximate surface area is 201 Å². The third-order valence-corrected chi connectivity index (χ3v) is 6.07. The summed E-state index contributed by atoms with van der Waals surface area (Å²) in [5.41, 5.74) is 2.66. The van der Waals surface area contributed by atoms with Gasteiger partial charge in [-0.2, -0.15) is 0 Å². The van der Waals surface area contributed by atoms with Crippen LogP contribution in [0.15, 0.2) is 47.6 Å². The van der Waals surface area contributed by atoms with Gasteiger partial charge in [-0.15, -0.1) is 10.2 Å². The number of nitro groups is 1. The minimum absolute atomic E-state index is 0.0305. The zero-order valence-corrected chi connectivity index (χ0v) is 20.2. The normalized spacial score (nSPS) is 11.6. The molecule has 0 fully saturated rings. The fourth-order valence-corrected chi connectivity index (χ4v) is 4.18. The van der Waals surface area contributed by atoms with Crippen molar-refractivity contribution in [3.8, 4) is 0 Å². The maximum absolute atomic E-state index is 12.6. The lowest BCUT2D eigenvalue weighted by molar-refractivity contribution is -0.384. The summed E-state index contributed by atoms with van der Waals surface area (Å²) in [5, 5.41) is 25.6. The van der Waals surface area contributed by atoms with Crippen molar-refractivity contribution in [3.63, 3.8) is 0 Å². The minimum atomic E-state index is -0.478. The molecule has 2 aromatic carbocycles. The Hall–Kier alpha value is -3.73. The van der Waals surface area contributed by atoms with Crippen LogP contribution < -0.4 is 10.6 Å². The smallest absolute Gasteiger partial charge is 0.269 e. The third kappa shape index (κ3) is 5.98. The molecule has 1 aromatic heterocycles. The molecule has 0 unspecified atom stereocenters. The van der Waals surface area contributed by atoms with Crippen molar-refractivity contribution in [2.45, 2.75) is 45.4 Å². The molecule has 3 aromatic rings. The number of rotatable bonds is 9. The monoisotopic (exact) mass is 482 g/mol. The first-order chi connectivity index (χ1) is 16.2. The van der Waals surface area contributed by atoms with Gasteiger partial charge in [-0.25, -0.2) is 0 Å². The summed E-state index contributed by atoms with van der Waals surface area (Å²) in [5.74, 6) is 0.208. The second kappa shape index (κ2) is 10.9. The molecule has 0 aliphatic heterocycles. The van der Waals surface area contributed by atoms with Crippen molar-refractivity contribution in [1.29, 1.82) is 0 Å². The van der Waals surface area contributed by atoms with Crippen molar-refractivity contribution < 1.29 is 14.5 Å². The third-order valence-electron chi connectivity index (χ3n) is 5.10. The summed E-state index contributed by atoms with van der Waals surface area (Å²) in [7, 11) is 0. The van der Waals surface area contributed by atoms with Crippen molar-refractivity contribution in [3.05, 3.63) is 75.1 Å². The van der Waals surface area contributed by atoms with E-state index in [-0.39, 0.29) is 29.3 Å². The van der Waals surface area contributed by atoms with Crippen LogP contribution in [0.2, 0.25) is 0 Å². The van der Waals surface area contributed by atoms with Gasteiger partial charge in [-0.3, -0.25) is 19.7 Å². The number of hydrogen-bond acceptors (Lipinski definition) is 7. The number of thioether (sulfide) groups is 1. The number of benzene rings is 2. The van der Waals surface area contributed by atoms with Gasteiger partial charge in [0.05, 0.1) is 16.7 Å². The van der Waals surface area contributed by atoms with E-state index in [0.717, 1.165) is 5.56 Å². The summed E-state index contributed by atoms with van der Waals surface area (Å²) in [4.78, 5) is 35.4. The highest BCUT2D eigenvalue weighted by Crippen LogP contribution is 2.23. The topological polar surface area (TPSA) is 132 Å². The number of amides is 2. The molecule has 1 heterocycles. The van der Waals surface area contributed by atoms with Gasteiger partial charge in [0.1, 0.15) is 0 Å². The predicted octanol–water partition coefficient (Wildman–Crippen LogP) is 4.04. The Morgan fingerprint density at radius 1 is 1.18 bits per heavy atom. The van der Waals surface area contributed by atoms with Crippen LogP contribution in [0.3, 0.4) is 0 Å². The van der Waals surface area contributed by atoms with Gasteiger partial charge in [-0.1, -0.05) is 29.5 Å². The van der Waals surface area contributed by atoms with Gasteiger partial charge in [0.2, 0.25) is 5.91 Å². The summed E-state index contributed by atoms with van der Waals surface area (Å²) in [6, 6.07) is 11.2. The molecule has 0 bridgehead atoms. The molecule has 1 atom stereocenters. The van der Waals surface area contributed by atoms with Crippen LogP contribution in [0.1, 0.15) is 47.2 Å². The number of hydrogen-bond donors (Lipinski definition) is 2. The molecule has 178 valence electrons. The molecule has 0 saturated carbocycles. The highest BCUT2D eigenvalue weighted by Gasteiger charge is 2.20. The van der Waals surface area contributed by atoms with Gasteiger partial charge < -0.3 is 15.2 Å². The van der Waals surface area contributed by atoms with E-state index in [1.807, 2.05) is 43.5 Å². The molecule has 2 N–H and O–H groups in total. The predicted molar refractivity (Wildman–Crippen MR) is 130 cm³/mol. The van der Waals surface area contributed by atoms with Crippen LogP contribution in [0.4, 0.5) is 11.4 Å². The van der Waals surface area contributed by atoms with E-state index in [2.05, 4.69) is 20.8 Å². The second-order valence-electron chi connectivity index (χ2n) is 7.74. The number of nitro benzene ring substituents is 1. The van der Waals surface area contributed by atoms with Crippen LogP contribution in [0.25, 0.3) is 0 Å². The van der Waals surface area contributed by atoms with E-state index in [4.69, 9.17) is 0 Å². The number of aryl methyl sites for hydroxylation is 2. The van der Waals surface area contributed by atoms with Gasteiger partial charge in [0.15, 0.2) is 11.0 Å². The van der Waals surface area contributed by atoms with Crippen LogP contribution in [-0.4, -0.2) is 37.3 Å². The lowest BCUT2D eigenvalue weighted by Crippen LogP contribution is -2.28. The van der Waals surface area contributed by atoms with Crippen molar-refractivity contribution in [2.75, 3.05) is 11.1 Å². The zero-order chi connectivity index (χ0) is 24.8. The first-order valence-corrected chi connectivity index (χ1v) is 11.7. The largest absolute Gasteiger partial charge is 0.342 e. The van der Waals surface area contributed by atoms with Gasteiger partial charge >= 0.3 is 0 Å². The second-order valence-corrected chi connectivity index (χ2v) is 8.69. The number of aromatic nitrogens is 3. The van der Waals surface area contributed by atoms with Crippen molar-refractivity contribution in [2.24, 2.45) is 0 Å². The first kappa shape index (κ1) is 24.9. The number of nitrogens with zero attached hydrogens (tertiary/aromatic N) is 4. The Balaban J connectivity index is 1.63. The van der Waals surface area contributed by atoms with Crippen molar-refractivity contribution >= 4 is 35.0 Å². The minimum Gasteiger partial charge on any atom is -0.342 e. The number of nitrogens with one attached hydrogen (secondary N) is 2. The standard InChI is InChI=1S/C23H26N6O4S/c1-5-28-21(16(4)24-22(31)17-8-6-7-14(2)11-17)26-27-23(28)34-13-20(30)25-19-10-9-18(29(32)33)12-15(19)3/h6-12,16H,5,13H2,1-4H3,(H,24,31)(H,25,30)/t16-/m1/s1. The van der Waals surface area contributed by atoms with Crippen LogP contribution >= 0.6 is 11.8 Å². The molecule has 11 heteroatoms. The zero-order valence-electron chi connectivity index (χ0n) is 19.4. The molecule has 0 saturated heterocycles. The maximum atomic E-state index is 12.6. The molecule has 0 spiro atoms. The highest BCUT2D eigenvalue weighted by atomic mass is 32.2. The SMILES string of the molecule is CCn1c(SCC(=O)Nc2ccc([N+](=O)[O-])cc2C)nnc1[C@@H](C)NC(=O)c1cccc(C)c1. The first-order valence-electron chi connectivity index (χ1n) is 10.7. The summed E-state index contributed by atoms with van der Waals surface area (Å²) < 4.78 is 1.86. The lowest BCUT2D eigenvalue weighted by Gasteiger charge is -2.15. The van der Waals surface area contributed by atoms with Gasteiger partial charge in [0, 0.05) is 29.9 Å². The van der Waals surface area contributed by atoms with E-state index < -0.39 is 4.92 Å². The van der Waals surface area contributed by atoms with E-state index >= 15 is 0 Å². The van der Waals surface area contributed by atoms with E-state index in [0.29, 0.717) is 34.3 Å². The molecule has 0 aliphatic carbocycles. The Kier molecular flexibility index (Phi) is 8.00. The number of carbonyl (C=O) groups is 2. The van der Waals surface area contributed by atoms with E-state index in [1.54, 1.807) is 13.0 Å². The molecule has 0 aliphatic rings. The van der Waals surface area contributed by atoms with E-state index in [1.165, 1.54) is 30.0 Å². The molecular weight excluding hydrogens is 456 g/mol. The summed E-state index contributed by atoms with van der Waals surface area (Å²) >= 11 is 1.22. The van der Waals surface area contributed by atoms with E-state index in [9.17, 15) is 19.7 Å². The molecule has 34 heavy (non-hydrogen) atoms. The Bertz CT molecular complexity index is 1230. The van der Waals surface area contributed by atoms with Crippen LogP contribution in [0, 0.1) is 24.0 Å². The van der Waals surface area contributed by atoms with Crippen LogP contribution in [0.5, 0.6) is 0 Å². The Morgan fingerprint density at radius 3 is 2.59 bits per heavy atom. The fraction of sp³-hybridized carbons (Fsp3) is 0.304. The Morgan fingerprint density at radius 2 is 1.94 bits per heavy atom. The number of carbonyl (C=O) groups excluding carboxylic acids is 2. The average Bonchev–Trinajstić information content (AvgIpc) is 3.22. The molecular formula is C23H26N6O4S. The summed E-state index contributed by atoms with van der Waals surface area (Å²) in [6.07, 6.45) is 0. The lowest BCUT2D eigenvalue weighted by atomic mass is 10.1. The number of anilines is 1.